The molecular weight excluding hydrogens is 270 g/mol. The van der Waals surface area contributed by atoms with Crippen LogP contribution < -0.4 is 10.7 Å². The van der Waals surface area contributed by atoms with E-state index >= 15 is 0 Å². The molecular formula is C12H12ClN3O3. The van der Waals surface area contributed by atoms with Gasteiger partial charge < -0.3 is 10.4 Å². The van der Waals surface area contributed by atoms with E-state index in [0.717, 1.165) is 12.8 Å². The van der Waals surface area contributed by atoms with Crippen LogP contribution in [-0.4, -0.2) is 29.2 Å². The zero-order valence-corrected chi connectivity index (χ0v) is 10.6. The highest BCUT2D eigenvalue weighted by Crippen LogP contribution is 2.19. The number of amides is 2. The number of carbonyl (C=O) groups is 2. The molecule has 0 radical (unpaired) electrons. The Bertz CT molecular complexity index is 541. The molecule has 6 nitrogen and oxygen atoms in total. The number of hydrazone groups is 1. The molecule has 1 aliphatic rings. The Morgan fingerprint density at radius 3 is 2.79 bits per heavy atom. The molecule has 0 saturated heterocycles. The fourth-order valence-electron chi connectivity index (χ4n) is 1.32. The molecule has 0 heterocycles. The van der Waals surface area contributed by atoms with Gasteiger partial charge in [-0.2, -0.15) is 5.10 Å². The second-order valence-corrected chi connectivity index (χ2v) is 4.59. The summed E-state index contributed by atoms with van der Waals surface area (Å²) < 4.78 is 0. The van der Waals surface area contributed by atoms with Crippen molar-refractivity contribution in [2.75, 3.05) is 0 Å². The summed E-state index contributed by atoms with van der Waals surface area (Å²) in [6, 6.07) is 4.53. The molecule has 0 unspecified atom stereocenters. The van der Waals surface area contributed by atoms with Gasteiger partial charge in [0.15, 0.2) is 0 Å². The Labute approximate surface area is 114 Å². The Hall–Kier alpha value is -2.08. The summed E-state index contributed by atoms with van der Waals surface area (Å²) in [4.78, 5) is 22.6. The number of aromatic hydroxyl groups is 1. The molecule has 0 aliphatic heterocycles. The Morgan fingerprint density at radius 2 is 2.11 bits per heavy atom. The number of benzene rings is 1. The predicted octanol–water partition coefficient (Wildman–Crippen LogP) is 0.774. The van der Waals surface area contributed by atoms with Gasteiger partial charge in [0.2, 0.25) is 0 Å². The zero-order chi connectivity index (χ0) is 13.8. The van der Waals surface area contributed by atoms with E-state index in [9.17, 15) is 14.7 Å². The van der Waals surface area contributed by atoms with Gasteiger partial charge in [0.05, 0.1) is 6.21 Å². The van der Waals surface area contributed by atoms with Crippen molar-refractivity contribution in [2.45, 2.75) is 18.9 Å². The predicted molar refractivity (Wildman–Crippen MR) is 70.0 cm³/mol. The number of carbonyl (C=O) groups excluding carboxylic acids is 2. The largest absolute Gasteiger partial charge is 0.507 e. The van der Waals surface area contributed by atoms with Crippen molar-refractivity contribution in [3.8, 4) is 5.75 Å². The lowest BCUT2D eigenvalue weighted by Gasteiger charge is -2.01. The third kappa shape index (κ3) is 3.96. The van der Waals surface area contributed by atoms with Crippen LogP contribution in [0.2, 0.25) is 5.02 Å². The molecule has 1 saturated carbocycles. The molecule has 7 heteroatoms. The van der Waals surface area contributed by atoms with E-state index in [2.05, 4.69) is 15.8 Å². The van der Waals surface area contributed by atoms with Gasteiger partial charge in [0, 0.05) is 16.6 Å². The number of nitrogens with zero attached hydrogens (tertiary/aromatic N) is 1. The van der Waals surface area contributed by atoms with Crippen molar-refractivity contribution in [2.24, 2.45) is 5.10 Å². The summed E-state index contributed by atoms with van der Waals surface area (Å²) in [6.45, 7) is 0. The molecule has 1 fully saturated rings. The standard InChI is InChI=1S/C12H12ClN3O3/c13-8-1-4-10(17)7(5-8)6-14-16-12(19)11(18)15-9-2-3-9/h1,4-6,9,17H,2-3H2,(H,15,18)(H,16,19). The van der Waals surface area contributed by atoms with Crippen molar-refractivity contribution in [3.63, 3.8) is 0 Å². The van der Waals surface area contributed by atoms with Gasteiger partial charge in [-0.15, -0.1) is 0 Å². The van der Waals surface area contributed by atoms with Crippen LogP contribution in [0.3, 0.4) is 0 Å². The van der Waals surface area contributed by atoms with E-state index in [1.807, 2.05) is 0 Å². The summed E-state index contributed by atoms with van der Waals surface area (Å²) in [5.41, 5.74) is 2.42. The van der Waals surface area contributed by atoms with Crippen LogP contribution in [0.5, 0.6) is 5.75 Å². The summed E-state index contributed by atoms with van der Waals surface area (Å²) >= 11 is 5.75. The fourth-order valence-corrected chi connectivity index (χ4v) is 1.50. The number of rotatable bonds is 3. The first-order valence-electron chi connectivity index (χ1n) is 5.68. The van der Waals surface area contributed by atoms with E-state index in [4.69, 9.17) is 11.6 Å². The van der Waals surface area contributed by atoms with Gasteiger partial charge in [0.1, 0.15) is 5.75 Å². The molecule has 0 aromatic heterocycles. The van der Waals surface area contributed by atoms with Crippen LogP contribution in [0.15, 0.2) is 23.3 Å². The monoisotopic (exact) mass is 281 g/mol. The number of halogens is 1. The van der Waals surface area contributed by atoms with E-state index in [1.54, 1.807) is 0 Å². The SMILES string of the molecule is O=C(NN=Cc1cc(Cl)ccc1O)C(=O)NC1CC1. The zero-order valence-electron chi connectivity index (χ0n) is 9.89. The van der Waals surface area contributed by atoms with Crippen molar-refractivity contribution < 1.29 is 14.7 Å². The van der Waals surface area contributed by atoms with E-state index in [0.29, 0.717) is 10.6 Å². The number of hydrogen-bond donors (Lipinski definition) is 3. The van der Waals surface area contributed by atoms with Gasteiger partial charge in [-0.25, -0.2) is 5.43 Å². The minimum Gasteiger partial charge on any atom is -0.507 e. The summed E-state index contributed by atoms with van der Waals surface area (Å²) in [7, 11) is 0. The molecule has 0 spiro atoms. The van der Waals surface area contributed by atoms with Crippen LogP contribution in [0.1, 0.15) is 18.4 Å². The smallest absolute Gasteiger partial charge is 0.329 e. The van der Waals surface area contributed by atoms with Gasteiger partial charge in [0.25, 0.3) is 0 Å². The lowest BCUT2D eigenvalue weighted by molar-refractivity contribution is -0.139. The first-order chi connectivity index (χ1) is 9.06. The fraction of sp³-hybridized carbons (Fsp3) is 0.250. The molecule has 3 N–H and O–H groups in total. The summed E-state index contributed by atoms with van der Waals surface area (Å²) in [6.07, 6.45) is 3.01. The van der Waals surface area contributed by atoms with Crippen molar-refractivity contribution >= 4 is 29.6 Å². The quantitative estimate of drug-likeness (QED) is 0.434. The number of hydrogen-bond acceptors (Lipinski definition) is 4. The highest BCUT2D eigenvalue weighted by Gasteiger charge is 2.26. The highest BCUT2D eigenvalue weighted by atomic mass is 35.5. The number of phenolic OH excluding ortho intramolecular Hbond substituents is 1. The maximum absolute atomic E-state index is 11.3. The maximum atomic E-state index is 11.3. The third-order valence-electron chi connectivity index (χ3n) is 2.48. The van der Waals surface area contributed by atoms with Crippen LogP contribution in [0, 0.1) is 0 Å². The first kappa shape index (κ1) is 13.4. The summed E-state index contributed by atoms with van der Waals surface area (Å²) in [5, 5.41) is 16.0. The molecule has 1 aliphatic carbocycles. The summed E-state index contributed by atoms with van der Waals surface area (Å²) in [5.74, 6) is -1.58. The topological polar surface area (TPSA) is 90.8 Å². The van der Waals surface area contributed by atoms with Crippen molar-refractivity contribution in [1.82, 2.24) is 10.7 Å². The highest BCUT2D eigenvalue weighted by molar-refractivity contribution is 6.35. The van der Waals surface area contributed by atoms with Crippen LogP contribution in [0.25, 0.3) is 0 Å². The molecule has 100 valence electrons. The first-order valence-corrected chi connectivity index (χ1v) is 6.06. The minimum atomic E-state index is -0.843. The Kier molecular flexibility index (Phi) is 4.01. The van der Waals surface area contributed by atoms with Crippen LogP contribution in [-0.2, 0) is 9.59 Å². The molecule has 0 bridgehead atoms. The lowest BCUT2D eigenvalue weighted by Crippen LogP contribution is -2.38. The van der Waals surface area contributed by atoms with E-state index in [1.165, 1.54) is 24.4 Å². The lowest BCUT2D eigenvalue weighted by atomic mass is 10.2. The average Bonchev–Trinajstić information content (AvgIpc) is 3.17. The number of nitrogens with one attached hydrogen (secondary N) is 2. The van der Waals surface area contributed by atoms with Crippen LogP contribution in [0.4, 0.5) is 0 Å². The van der Waals surface area contributed by atoms with Crippen molar-refractivity contribution in [1.29, 1.82) is 0 Å². The van der Waals surface area contributed by atoms with Gasteiger partial charge in [-0.1, -0.05) is 11.6 Å². The van der Waals surface area contributed by atoms with Gasteiger partial charge >= 0.3 is 11.8 Å². The van der Waals surface area contributed by atoms with Crippen LogP contribution >= 0.6 is 11.6 Å². The van der Waals surface area contributed by atoms with Gasteiger partial charge in [-0.05, 0) is 31.0 Å². The molecule has 0 atom stereocenters. The maximum Gasteiger partial charge on any atom is 0.329 e. The third-order valence-corrected chi connectivity index (χ3v) is 2.71. The van der Waals surface area contributed by atoms with Crippen molar-refractivity contribution in [3.05, 3.63) is 28.8 Å². The van der Waals surface area contributed by atoms with Gasteiger partial charge in [-0.3, -0.25) is 9.59 Å². The van der Waals surface area contributed by atoms with E-state index < -0.39 is 11.8 Å². The molecule has 1 aromatic carbocycles. The Morgan fingerprint density at radius 1 is 1.37 bits per heavy atom. The Balaban J connectivity index is 1.89. The minimum absolute atomic E-state index is 0.0233. The number of phenols is 1. The molecule has 1 aromatic rings. The second-order valence-electron chi connectivity index (χ2n) is 4.15. The average molecular weight is 282 g/mol. The van der Waals surface area contributed by atoms with E-state index in [-0.39, 0.29) is 11.8 Å². The normalized spacial score (nSPS) is 14.4. The second kappa shape index (κ2) is 5.71. The molecule has 2 amide bonds. The molecule has 2 rings (SSSR count). The molecule has 19 heavy (non-hydrogen) atoms.